The summed E-state index contributed by atoms with van der Waals surface area (Å²) in [7, 11) is 0. The lowest BCUT2D eigenvalue weighted by molar-refractivity contribution is 0.497. The van der Waals surface area contributed by atoms with Gasteiger partial charge in [-0.3, -0.25) is 4.98 Å². The van der Waals surface area contributed by atoms with Gasteiger partial charge in [-0.15, -0.1) is 0 Å². The Morgan fingerprint density at radius 3 is 2.71 bits per heavy atom. The molecule has 0 aliphatic carbocycles. The maximum absolute atomic E-state index is 13.8. The van der Waals surface area contributed by atoms with Crippen LogP contribution in [0.25, 0.3) is 0 Å². The molecule has 2 aromatic rings. The fourth-order valence-corrected chi connectivity index (χ4v) is 2.75. The van der Waals surface area contributed by atoms with Gasteiger partial charge in [0.2, 0.25) is 0 Å². The van der Waals surface area contributed by atoms with Crippen LogP contribution in [0.5, 0.6) is 0 Å². The number of nitrogens with zero attached hydrogens (tertiary/aromatic N) is 1. The van der Waals surface area contributed by atoms with Crippen molar-refractivity contribution in [3.8, 4) is 0 Å². The van der Waals surface area contributed by atoms with Crippen molar-refractivity contribution in [2.24, 2.45) is 0 Å². The second-order valence-electron chi connectivity index (χ2n) is 4.95. The maximum Gasteiger partial charge on any atom is 0.173 e. The van der Waals surface area contributed by atoms with Crippen LogP contribution in [-0.2, 0) is 0 Å². The highest BCUT2D eigenvalue weighted by molar-refractivity contribution is 9.10. The topological polar surface area (TPSA) is 24.9 Å². The molecule has 1 N–H and O–H groups in total. The van der Waals surface area contributed by atoms with Crippen molar-refractivity contribution in [2.75, 3.05) is 6.54 Å². The third-order valence-corrected chi connectivity index (χ3v) is 4.01. The van der Waals surface area contributed by atoms with Gasteiger partial charge >= 0.3 is 0 Å². The van der Waals surface area contributed by atoms with Gasteiger partial charge in [0.25, 0.3) is 0 Å². The molecular formula is C16H17BrF2N2. The number of pyridine rings is 1. The third-order valence-electron chi connectivity index (χ3n) is 3.20. The molecule has 0 spiro atoms. The quantitative estimate of drug-likeness (QED) is 0.798. The van der Waals surface area contributed by atoms with Crippen LogP contribution in [0.2, 0.25) is 0 Å². The summed E-state index contributed by atoms with van der Waals surface area (Å²) in [5, 5.41) is 3.36. The predicted molar refractivity (Wildman–Crippen MR) is 83.2 cm³/mol. The van der Waals surface area contributed by atoms with Crippen molar-refractivity contribution < 1.29 is 8.78 Å². The first-order chi connectivity index (χ1) is 10.0. The van der Waals surface area contributed by atoms with Gasteiger partial charge in [0.15, 0.2) is 11.6 Å². The zero-order valence-corrected chi connectivity index (χ0v) is 13.5. The second kappa shape index (κ2) is 7.09. The smallest absolute Gasteiger partial charge is 0.173 e. The van der Waals surface area contributed by atoms with Crippen LogP contribution in [0, 0.1) is 18.6 Å². The van der Waals surface area contributed by atoms with E-state index >= 15 is 0 Å². The number of nitrogens with one attached hydrogen (secondary N) is 1. The van der Waals surface area contributed by atoms with Gasteiger partial charge in [0, 0.05) is 12.4 Å². The van der Waals surface area contributed by atoms with Crippen molar-refractivity contribution in [3.63, 3.8) is 0 Å². The van der Waals surface area contributed by atoms with Crippen LogP contribution < -0.4 is 5.32 Å². The molecule has 1 aromatic carbocycles. The van der Waals surface area contributed by atoms with Crippen molar-refractivity contribution in [1.82, 2.24) is 10.3 Å². The standard InChI is InChI=1S/C16H17BrF2N2/c1-3-6-21-16(11-7-10(2)8-20-9-11)12-4-5-13(18)15(19)14(12)17/h4-5,7-9,16,21H,3,6H2,1-2H3. The summed E-state index contributed by atoms with van der Waals surface area (Å²) in [6, 6.07) is 4.51. The molecule has 1 aromatic heterocycles. The number of hydrogen-bond donors (Lipinski definition) is 1. The zero-order chi connectivity index (χ0) is 15.4. The summed E-state index contributed by atoms with van der Waals surface area (Å²) in [4.78, 5) is 4.19. The van der Waals surface area contributed by atoms with E-state index < -0.39 is 11.6 Å². The van der Waals surface area contributed by atoms with Gasteiger partial charge in [-0.25, -0.2) is 8.78 Å². The number of aromatic nitrogens is 1. The second-order valence-corrected chi connectivity index (χ2v) is 5.74. The molecule has 1 heterocycles. The van der Waals surface area contributed by atoms with Gasteiger partial charge < -0.3 is 5.32 Å². The summed E-state index contributed by atoms with van der Waals surface area (Å²) >= 11 is 3.16. The monoisotopic (exact) mass is 354 g/mol. The highest BCUT2D eigenvalue weighted by Gasteiger charge is 2.20. The van der Waals surface area contributed by atoms with Crippen LogP contribution >= 0.6 is 15.9 Å². The van der Waals surface area contributed by atoms with Gasteiger partial charge in [0.05, 0.1) is 10.5 Å². The molecule has 21 heavy (non-hydrogen) atoms. The first-order valence-electron chi connectivity index (χ1n) is 6.83. The Balaban J connectivity index is 2.48. The Hall–Kier alpha value is -1.33. The molecule has 0 amide bonds. The van der Waals surface area contributed by atoms with E-state index in [0.717, 1.165) is 30.2 Å². The Kier molecular flexibility index (Phi) is 5.42. The summed E-state index contributed by atoms with van der Waals surface area (Å²) in [6.07, 6.45) is 4.45. The zero-order valence-electron chi connectivity index (χ0n) is 12.0. The van der Waals surface area contributed by atoms with Gasteiger partial charge in [0.1, 0.15) is 0 Å². The predicted octanol–water partition coefficient (Wildman–Crippen LogP) is 4.52. The highest BCUT2D eigenvalue weighted by Crippen LogP contribution is 2.31. The fourth-order valence-electron chi connectivity index (χ4n) is 2.20. The Morgan fingerprint density at radius 2 is 2.05 bits per heavy atom. The fraction of sp³-hybridized carbons (Fsp3) is 0.312. The lowest BCUT2D eigenvalue weighted by Gasteiger charge is -2.21. The van der Waals surface area contributed by atoms with Crippen LogP contribution in [0.3, 0.4) is 0 Å². The largest absolute Gasteiger partial charge is 0.306 e. The minimum absolute atomic E-state index is 0.151. The number of rotatable bonds is 5. The highest BCUT2D eigenvalue weighted by atomic mass is 79.9. The van der Waals surface area contributed by atoms with Gasteiger partial charge in [-0.05, 0) is 58.6 Å². The van der Waals surface area contributed by atoms with Gasteiger partial charge in [-0.1, -0.05) is 19.1 Å². The molecule has 5 heteroatoms. The minimum atomic E-state index is -0.864. The van der Waals surface area contributed by atoms with Crippen molar-refractivity contribution in [1.29, 1.82) is 0 Å². The van der Waals surface area contributed by atoms with Crippen LogP contribution in [-0.4, -0.2) is 11.5 Å². The van der Waals surface area contributed by atoms with E-state index in [0.29, 0.717) is 5.56 Å². The van der Waals surface area contributed by atoms with E-state index in [1.807, 2.05) is 13.0 Å². The van der Waals surface area contributed by atoms with Crippen molar-refractivity contribution >= 4 is 15.9 Å². The lowest BCUT2D eigenvalue weighted by Crippen LogP contribution is -2.24. The molecule has 1 unspecified atom stereocenters. The first-order valence-corrected chi connectivity index (χ1v) is 7.62. The summed E-state index contributed by atoms with van der Waals surface area (Å²) in [5.74, 6) is -1.72. The molecule has 0 aliphatic heterocycles. The van der Waals surface area contributed by atoms with Crippen LogP contribution in [0.4, 0.5) is 8.78 Å². The molecule has 2 nitrogen and oxygen atoms in total. The molecule has 0 aliphatic rings. The van der Waals surface area contributed by atoms with E-state index in [1.54, 1.807) is 18.5 Å². The summed E-state index contributed by atoms with van der Waals surface area (Å²) in [5.41, 5.74) is 2.61. The molecule has 0 saturated heterocycles. The Labute approximate surface area is 131 Å². The van der Waals surface area contributed by atoms with E-state index in [-0.39, 0.29) is 10.5 Å². The number of halogens is 3. The maximum atomic E-state index is 13.8. The summed E-state index contributed by atoms with van der Waals surface area (Å²) in [6.45, 7) is 4.77. The number of aryl methyl sites for hydroxylation is 1. The van der Waals surface area contributed by atoms with Crippen LogP contribution in [0.1, 0.15) is 36.1 Å². The third kappa shape index (κ3) is 3.66. The average Bonchev–Trinajstić information content (AvgIpc) is 2.47. The molecule has 2 rings (SSSR count). The number of hydrogen-bond acceptors (Lipinski definition) is 2. The van der Waals surface area contributed by atoms with Crippen LogP contribution in [0.15, 0.2) is 35.1 Å². The number of benzene rings is 1. The van der Waals surface area contributed by atoms with E-state index in [9.17, 15) is 8.78 Å². The lowest BCUT2D eigenvalue weighted by atomic mass is 9.98. The normalized spacial score (nSPS) is 12.4. The Morgan fingerprint density at radius 1 is 1.29 bits per heavy atom. The first kappa shape index (κ1) is 16.0. The Bertz CT molecular complexity index is 632. The van der Waals surface area contributed by atoms with Crippen molar-refractivity contribution in [3.05, 3.63) is 63.4 Å². The van der Waals surface area contributed by atoms with E-state index in [2.05, 4.69) is 33.2 Å². The molecule has 1 atom stereocenters. The summed E-state index contributed by atoms with van der Waals surface area (Å²) < 4.78 is 27.3. The van der Waals surface area contributed by atoms with E-state index in [4.69, 9.17) is 0 Å². The average molecular weight is 355 g/mol. The molecule has 0 bridgehead atoms. The molecule has 112 valence electrons. The molecule has 0 fully saturated rings. The minimum Gasteiger partial charge on any atom is -0.306 e. The SMILES string of the molecule is CCCNC(c1cncc(C)c1)c1ccc(F)c(F)c1Br. The van der Waals surface area contributed by atoms with E-state index in [1.165, 1.54) is 0 Å². The molecule has 0 saturated carbocycles. The van der Waals surface area contributed by atoms with Crippen molar-refractivity contribution in [2.45, 2.75) is 26.3 Å². The molecule has 0 radical (unpaired) electrons. The molecular weight excluding hydrogens is 338 g/mol. The van der Waals surface area contributed by atoms with Gasteiger partial charge in [-0.2, -0.15) is 0 Å².